The highest BCUT2D eigenvalue weighted by Crippen LogP contribution is 2.35. The van der Waals surface area contributed by atoms with E-state index < -0.39 is 0 Å². The van der Waals surface area contributed by atoms with Gasteiger partial charge in [-0.3, -0.25) is 9.69 Å². The van der Waals surface area contributed by atoms with E-state index in [0.717, 1.165) is 23.2 Å². The van der Waals surface area contributed by atoms with Gasteiger partial charge in [-0.1, -0.05) is 45.9 Å². The Bertz CT molecular complexity index is 452. The Morgan fingerprint density at radius 1 is 1.26 bits per heavy atom. The van der Waals surface area contributed by atoms with Crippen molar-refractivity contribution in [2.75, 3.05) is 16.8 Å². The molecular formula is C15H21Cl2NO. The monoisotopic (exact) mass is 301 g/mol. The maximum absolute atomic E-state index is 12.0. The van der Waals surface area contributed by atoms with Crippen molar-refractivity contribution >= 4 is 34.8 Å². The van der Waals surface area contributed by atoms with Crippen LogP contribution < -0.4 is 4.90 Å². The first-order valence-corrected chi connectivity index (χ1v) is 7.48. The van der Waals surface area contributed by atoms with Gasteiger partial charge in [0.2, 0.25) is 5.91 Å². The number of carbonyl (C=O) groups excluding carboxylic acids is 1. The number of nitrogens with zero attached hydrogens (tertiary/aromatic N) is 1. The lowest BCUT2D eigenvalue weighted by Gasteiger charge is -2.30. The standard InChI is InChI=1S/C15H21Cl2NO/c1-5-11-7-6-8-12(15(2,3)4)14(11)18(10-17)13(19)9-16/h6-8H,5,9-10H2,1-4H3. The van der Waals surface area contributed by atoms with Crippen molar-refractivity contribution in [3.8, 4) is 0 Å². The molecule has 0 aromatic heterocycles. The minimum atomic E-state index is -0.164. The average Bonchev–Trinajstić information content (AvgIpc) is 2.38. The van der Waals surface area contributed by atoms with Gasteiger partial charge in [0.05, 0.1) is 5.69 Å². The van der Waals surface area contributed by atoms with Crippen molar-refractivity contribution < 1.29 is 4.79 Å². The molecule has 19 heavy (non-hydrogen) atoms. The Kier molecular flexibility index (Phi) is 5.69. The number of hydrogen-bond donors (Lipinski definition) is 0. The highest BCUT2D eigenvalue weighted by molar-refractivity contribution is 6.31. The summed E-state index contributed by atoms with van der Waals surface area (Å²) in [6, 6.07) is 6.23. The van der Waals surface area contributed by atoms with Gasteiger partial charge in [0, 0.05) is 0 Å². The number of alkyl halides is 2. The van der Waals surface area contributed by atoms with E-state index in [9.17, 15) is 4.79 Å². The summed E-state index contributed by atoms with van der Waals surface area (Å²) in [5.41, 5.74) is 3.09. The molecule has 0 bridgehead atoms. The molecule has 1 aromatic rings. The summed E-state index contributed by atoms with van der Waals surface area (Å²) in [4.78, 5) is 13.6. The maximum atomic E-state index is 12.0. The predicted octanol–water partition coefficient (Wildman–Crippen LogP) is 4.31. The van der Waals surface area contributed by atoms with E-state index >= 15 is 0 Å². The van der Waals surface area contributed by atoms with Gasteiger partial charge in [-0.15, -0.1) is 23.2 Å². The number of anilines is 1. The normalized spacial score (nSPS) is 11.5. The number of aryl methyl sites for hydroxylation is 1. The second-order valence-corrected chi connectivity index (χ2v) is 6.00. The summed E-state index contributed by atoms with van der Waals surface area (Å²) in [7, 11) is 0. The SMILES string of the molecule is CCc1cccc(C(C)(C)C)c1N(CCl)C(=O)CCl. The van der Waals surface area contributed by atoms with Gasteiger partial charge >= 0.3 is 0 Å². The van der Waals surface area contributed by atoms with E-state index in [1.54, 1.807) is 4.90 Å². The van der Waals surface area contributed by atoms with Crippen molar-refractivity contribution in [2.45, 2.75) is 39.5 Å². The van der Waals surface area contributed by atoms with Crippen molar-refractivity contribution in [1.29, 1.82) is 0 Å². The predicted molar refractivity (Wildman–Crippen MR) is 83.4 cm³/mol. The number of amides is 1. The van der Waals surface area contributed by atoms with E-state index in [1.165, 1.54) is 0 Å². The second kappa shape index (κ2) is 6.62. The summed E-state index contributed by atoms with van der Waals surface area (Å²) in [6.45, 7) is 8.46. The first kappa shape index (κ1) is 16.3. The lowest BCUT2D eigenvalue weighted by Crippen LogP contribution is -2.34. The van der Waals surface area contributed by atoms with Gasteiger partial charge < -0.3 is 0 Å². The largest absolute Gasteiger partial charge is 0.297 e. The highest BCUT2D eigenvalue weighted by atomic mass is 35.5. The summed E-state index contributed by atoms with van der Waals surface area (Å²) < 4.78 is 0. The van der Waals surface area contributed by atoms with E-state index in [4.69, 9.17) is 23.2 Å². The zero-order valence-corrected chi connectivity index (χ0v) is 13.5. The number of halogens is 2. The molecule has 2 nitrogen and oxygen atoms in total. The number of carbonyl (C=O) groups is 1. The van der Waals surface area contributed by atoms with Crippen molar-refractivity contribution in [2.24, 2.45) is 0 Å². The van der Waals surface area contributed by atoms with Crippen molar-refractivity contribution in [1.82, 2.24) is 0 Å². The first-order chi connectivity index (χ1) is 8.86. The fourth-order valence-electron chi connectivity index (χ4n) is 2.12. The minimum Gasteiger partial charge on any atom is -0.297 e. The number of para-hydroxylation sites is 1. The molecule has 0 aliphatic rings. The Morgan fingerprint density at radius 3 is 2.32 bits per heavy atom. The van der Waals surface area contributed by atoms with Crippen molar-refractivity contribution in [3.63, 3.8) is 0 Å². The number of rotatable bonds is 4. The molecule has 0 unspecified atom stereocenters. The van der Waals surface area contributed by atoms with E-state index in [0.29, 0.717) is 0 Å². The molecule has 4 heteroatoms. The van der Waals surface area contributed by atoms with Gasteiger partial charge in [0.15, 0.2) is 0 Å². The molecule has 0 saturated carbocycles. The second-order valence-electron chi connectivity index (χ2n) is 5.49. The van der Waals surface area contributed by atoms with Crippen molar-refractivity contribution in [3.05, 3.63) is 29.3 Å². The molecule has 1 rings (SSSR count). The van der Waals surface area contributed by atoms with Gasteiger partial charge in [0.25, 0.3) is 0 Å². The Hall–Kier alpha value is -0.730. The summed E-state index contributed by atoms with van der Waals surface area (Å²) in [5.74, 6) is -0.225. The smallest absolute Gasteiger partial charge is 0.242 e. The lowest BCUT2D eigenvalue weighted by atomic mass is 9.83. The average molecular weight is 302 g/mol. The Morgan fingerprint density at radius 2 is 1.89 bits per heavy atom. The summed E-state index contributed by atoms with van der Waals surface area (Å²) in [5, 5.41) is 0. The fraction of sp³-hybridized carbons (Fsp3) is 0.533. The van der Waals surface area contributed by atoms with Crippen LogP contribution in [0.3, 0.4) is 0 Å². The third kappa shape index (κ3) is 3.64. The maximum Gasteiger partial charge on any atom is 0.242 e. The summed E-state index contributed by atoms with van der Waals surface area (Å²) in [6.07, 6.45) is 0.849. The molecule has 1 amide bonds. The van der Waals surface area contributed by atoms with Gasteiger partial charge in [-0.05, 0) is 23.0 Å². The van der Waals surface area contributed by atoms with Crippen LogP contribution in [0.1, 0.15) is 38.8 Å². The topological polar surface area (TPSA) is 20.3 Å². The molecule has 0 fully saturated rings. The lowest BCUT2D eigenvalue weighted by molar-refractivity contribution is -0.116. The van der Waals surface area contributed by atoms with E-state index in [2.05, 4.69) is 33.8 Å². The van der Waals surface area contributed by atoms with Crippen LogP contribution in [0.15, 0.2) is 18.2 Å². The van der Waals surface area contributed by atoms with Gasteiger partial charge in [0.1, 0.15) is 11.9 Å². The van der Waals surface area contributed by atoms with E-state index in [1.807, 2.05) is 12.1 Å². The summed E-state index contributed by atoms with van der Waals surface area (Å²) >= 11 is 11.7. The quantitative estimate of drug-likeness (QED) is 0.599. The molecule has 0 atom stereocenters. The molecule has 1 aromatic carbocycles. The molecule has 106 valence electrons. The molecule has 0 aliphatic heterocycles. The third-order valence-electron chi connectivity index (χ3n) is 3.11. The third-order valence-corrected chi connectivity index (χ3v) is 3.58. The van der Waals surface area contributed by atoms with Crippen LogP contribution in [0.5, 0.6) is 0 Å². The van der Waals surface area contributed by atoms with Crippen LogP contribution >= 0.6 is 23.2 Å². The van der Waals surface area contributed by atoms with E-state index in [-0.39, 0.29) is 23.2 Å². The van der Waals surface area contributed by atoms with Crippen LogP contribution in [0.25, 0.3) is 0 Å². The fourth-order valence-corrected chi connectivity index (χ4v) is 2.52. The first-order valence-electron chi connectivity index (χ1n) is 6.41. The Balaban J connectivity index is 3.48. The zero-order valence-electron chi connectivity index (χ0n) is 12.0. The minimum absolute atomic E-state index is 0.0581. The van der Waals surface area contributed by atoms with Gasteiger partial charge in [-0.25, -0.2) is 0 Å². The molecule has 0 N–H and O–H groups in total. The zero-order chi connectivity index (χ0) is 14.6. The van der Waals surface area contributed by atoms with Gasteiger partial charge in [-0.2, -0.15) is 0 Å². The highest BCUT2D eigenvalue weighted by Gasteiger charge is 2.25. The molecule has 0 radical (unpaired) electrons. The van der Waals surface area contributed by atoms with Crippen LogP contribution in [0.2, 0.25) is 0 Å². The van der Waals surface area contributed by atoms with Crippen LogP contribution in [-0.2, 0) is 16.6 Å². The van der Waals surface area contributed by atoms with Crippen LogP contribution in [0, 0.1) is 0 Å². The molecule has 0 saturated heterocycles. The number of hydrogen-bond acceptors (Lipinski definition) is 1. The Labute approximate surface area is 125 Å². The number of benzene rings is 1. The molecule has 0 aliphatic carbocycles. The molecular weight excluding hydrogens is 281 g/mol. The molecule has 0 spiro atoms. The molecule has 0 heterocycles. The van der Waals surface area contributed by atoms with Crippen LogP contribution in [-0.4, -0.2) is 17.8 Å². The van der Waals surface area contributed by atoms with Crippen LogP contribution in [0.4, 0.5) is 5.69 Å².